The number of carboxylic acid groups (broad SMARTS) is 1. The largest absolute Gasteiger partial charge is 0.481 e. The Bertz CT molecular complexity index is 601. The summed E-state index contributed by atoms with van der Waals surface area (Å²) >= 11 is 0. The first-order valence-electron chi connectivity index (χ1n) is 7.36. The zero-order chi connectivity index (χ0) is 16.7. The SMILES string of the molecule is N=[N+]=N[C@H]1CC[C@H](C(=O)O)[C@H](NC(=O)OCc2ccccc2)C1. The number of aliphatic carboxylic acids is 1. The zero-order valence-electron chi connectivity index (χ0n) is 12.5. The van der Waals surface area contributed by atoms with E-state index >= 15 is 0 Å². The van der Waals surface area contributed by atoms with Crippen LogP contribution in [0.15, 0.2) is 35.4 Å². The van der Waals surface area contributed by atoms with Gasteiger partial charge in [0.1, 0.15) is 23.3 Å². The molecule has 0 saturated heterocycles. The van der Waals surface area contributed by atoms with Crippen molar-refractivity contribution >= 4 is 12.1 Å². The highest BCUT2D eigenvalue weighted by atomic mass is 16.5. The Kier molecular flexibility index (Phi) is 5.82. The van der Waals surface area contributed by atoms with Gasteiger partial charge in [-0.1, -0.05) is 30.3 Å². The van der Waals surface area contributed by atoms with Crippen molar-refractivity contribution in [3.63, 3.8) is 0 Å². The number of amides is 1. The number of ether oxygens (including phenoxy) is 1. The molecule has 8 nitrogen and oxygen atoms in total. The van der Waals surface area contributed by atoms with E-state index in [-0.39, 0.29) is 12.6 Å². The van der Waals surface area contributed by atoms with Crippen molar-refractivity contribution in [1.82, 2.24) is 10.2 Å². The highest BCUT2D eigenvalue weighted by molar-refractivity contribution is 5.73. The molecule has 1 aliphatic carbocycles. The first-order valence-corrected chi connectivity index (χ1v) is 7.36. The molecule has 3 atom stereocenters. The Hall–Kier alpha value is -2.73. The summed E-state index contributed by atoms with van der Waals surface area (Å²) in [7, 11) is 0. The summed E-state index contributed by atoms with van der Waals surface area (Å²) in [5.74, 6) is -1.64. The lowest BCUT2D eigenvalue weighted by Gasteiger charge is -2.30. The van der Waals surface area contributed by atoms with Crippen molar-refractivity contribution < 1.29 is 19.4 Å². The summed E-state index contributed by atoms with van der Waals surface area (Å²) in [5, 5.41) is 15.6. The van der Waals surface area contributed by atoms with Crippen LogP contribution in [0.1, 0.15) is 24.8 Å². The topological polar surface area (TPSA) is 126 Å². The maximum absolute atomic E-state index is 11.9. The van der Waals surface area contributed by atoms with Crippen LogP contribution in [0, 0.1) is 11.4 Å². The number of rotatable bonds is 5. The Morgan fingerprint density at radius 2 is 2.09 bits per heavy atom. The third-order valence-electron chi connectivity index (χ3n) is 3.88. The molecule has 2 rings (SSSR count). The van der Waals surface area contributed by atoms with Gasteiger partial charge in [0.15, 0.2) is 0 Å². The minimum atomic E-state index is -0.959. The number of nitrogens with one attached hydrogen (secondary N) is 2. The van der Waals surface area contributed by atoms with Crippen LogP contribution in [0.5, 0.6) is 0 Å². The van der Waals surface area contributed by atoms with Crippen LogP contribution in [0.4, 0.5) is 4.79 Å². The molecule has 1 saturated carbocycles. The quantitative estimate of drug-likeness (QED) is 0.567. The van der Waals surface area contributed by atoms with E-state index in [0.29, 0.717) is 19.3 Å². The van der Waals surface area contributed by atoms with Gasteiger partial charge in [-0.15, -0.1) is 0 Å². The van der Waals surface area contributed by atoms with Crippen LogP contribution < -0.4 is 10.2 Å². The predicted octanol–water partition coefficient (Wildman–Crippen LogP) is 2.09. The molecule has 3 N–H and O–H groups in total. The summed E-state index contributed by atoms with van der Waals surface area (Å²) in [6.45, 7) is 0.118. The maximum Gasteiger partial charge on any atom is 0.407 e. The molecule has 0 aromatic heterocycles. The average molecular weight is 319 g/mol. The van der Waals surface area contributed by atoms with Crippen LogP contribution in [0.25, 0.3) is 0 Å². The number of hydrogen-bond donors (Lipinski definition) is 3. The predicted molar refractivity (Wildman–Crippen MR) is 79.6 cm³/mol. The third-order valence-corrected chi connectivity index (χ3v) is 3.88. The summed E-state index contributed by atoms with van der Waals surface area (Å²) in [4.78, 5) is 26.2. The summed E-state index contributed by atoms with van der Waals surface area (Å²) in [5.41, 5.74) is 7.62. The van der Waals surface area contributed by atoms with Gasteiger partial charge in [-0.3, -0.25) is 4.79 Å². The molecule has 1 aromatic carbocycles. The number of hydrogen-bond acceptors (Lipinski definition) is 5. The van der Waals surface area contributed by atoms with Crippen molar-refractivity contribution in [2.75, 3.05) is 0 Å². The lowest BCUT2D eigenvalue weighted by atomic mass is 9.82. The van der Waals surface area contributed by atoms with Gasteiger partial charge in [0.05, 0.1) is 5.92 Å². The summed E-state index contributed by atoms with van der Waals surface area (Å²) in [6.07, 6.45) is 0.590. The minimum absolute atomic E-state index is 0.118. The Morgan fingerprint density at radius 3 is 2.74 bits per heavy atom. The van der Waals surface area contributed by atoms with Crippen molar-refractivity contribution in [1.29, 1.82) is 5.53 Å². The second kappa shape index (κ2) is 8.05. The molecular formula is C15H19N4O4+. The molecule has 0 bridgehead atoms. The van der Waals surface area contributed by atoms with Gasteiger partial charge in [-0.2, -0.15) is 0 Å². The molecule has 1 fully saturated rings. The molecule has 0 aliphatic heterocycles. The molecule has 1 amide bonds. The van der Waals surface area contributed by atoms with Crippen LogP contribution in [0.2, 0.25) is 0 Å². The van der Waals surface area contributed by atoms with Gasteiger partial charge in [0.2, 0.25) is 4.91 Å². The average Bonchev–Trinajstić information content (AvgIpc) is 2.54. The van der Waals surface area contributed by atoms with Gasteiger partial charge in [-0.25, -0.2) is 4.79 Å². The first-order chi connectivity index (χ1) is 11.1. The van der Waals surface area contributed by atoms with E-state index in [4.69, 9.17) is 10.3 Å². The first kappa shape index (κ1) is 16.6. The van der Waals surface area contributed by atoms with E-state index in [2.05, 4.69) is 15.3 Å². The van der Waals surface area contributed by atoms with Crippen molar-refractivity contribution in [2.24, 2.45) is 11.0 Å². The monoisotopic (exact) mass is 319 g/mol. The second-order valence-electron chi connectivity index (χ2n) is 5.44. The van der Waals surface area contributed by atoms with Crippen molar-refractivity contribution in [3.05, 3.63) is 35.9 Å². The molecule has 8 heteroatoms. The van der Waals surface area contributed by atoms with Gasteiger partial charge in [0.25, 0.3) is 0 Å². The standard InChI is InChI=1S/C15H18N4O4/c16-19-18-11-6-7-12(14(20)21)13(8-11)17-15(22)23-9-10-4-2-1-3-5-10/h1-5,11-13,16H,6-9H2,(H-,17,20,21,22)/p+1/t11-,12-,13+/m0/s1. The van der Waals surface area contributed by atoms with Crippen molar-refractivity contribution in [2.45, 2.75) is 38.0 Å². The third kappa shape index (κ3) is 4.89. The summed E-state index contributed by atoms with van der Waals surface area (Å²) in [6, 6.07) is 8.38. The van der Waals surface area contributed by atoms with Crippen LogP contribution in [0.3, 0.4) is 0 Å². The molecule has 0 spiro atoms. The molecule has 1 aliphatic rings. The van der Waals surface area contributed by atoms with Crippen LogP contribution in [-0.4, -0.2) is 29.3 Å². The lowest BCUT2D eigenvalue weighted by Crippen LogP contribution is -2.48. The smallest absolute Gasteiger partial charge is 0.407 e. The highest BCUT2D eigenvalue weighted by Gasteiger charge is 2.38. The van der Waals surface area contributed by atoms with E-state index in [1.54, 1.807) is 0 Å². The zero-order valence-corrected chi connectivity index (χ0v) is 12.5. The lowest BCUT2D eigenvalue weighted by molar-refractivity contribution is -0.143. The fourth-order valence-corrected chi connectivity index (χ4v) is 2.71. The molecule has 23 heavy (non-hydrogen) atoms. The maximum atomic E-state index is 11.9. The van der Waals surface area contributed by atoms with E-state index < -0.39 is 24.0 Å². The molecule has 122 valence electrons. The number of alkyl carbamates (subject to hydrolysis) is 1. The van der Waals surface area contributed by atoms with E-state index in [9.17, 15) is 14.7 Å². The van der Waals surface area contributed by atoms with E-state index in [1.807, 2.05) is 30.3 Å². The van der Waals surface area contributed by atoms with E-state index in [1.165, 1.54) is 0 Å². The number of carbonyl (C=O) groups excluding carboxylic acids is 1. The normalized spacial score (nSPS) is 23.4. The number of nitrogens with zero attached hydrogens (tertiary/aromatic N) is 2. The van der Waals surface area contributed by atoms with Gasteiger partial charge >= 0.3 is 12.1 Å². The molecular weight excluding hydrogens is 300 g/mol. The fourth-order valence-electron chi connectivity index (χ4n) is 2.71. The Balaban J connectivity index is 1.92. The van der Waals surface area contributed by atoms with Crippen LogP contribution in [-0.2, 0) is 16.1 Å². The Morgan fingerprint density at radius 1 is 1.35 bits per heavy atom. The number of carbonyl (C=O) groups is 2. The van der Waals surface area contributed by atoms with E-state index in [0.717, 1.165) is 5.56 Å². The Labute approximate surface area is 133 Å². The minimum Gasteiger partial charge on any atom is -0.481 e. The second-order valence-corrected chi connectivity index (χ2v) is 5.44. The number of carboxylic acids is 1. The number of benzene rings is 1. The fraction of sp³-hybridized carbons (Fsp3) is 0.467. The van der Waals surface area contributed by atoms with Crippen LogP contribution >= 0.6 is 0 Å². The van der Waals surface area contributed by atoms with Gasteiger partial charge in [-0.05, 0) is 24.8 Å². The molecule has 0 heterocycles. The van der Waals surface area contributed by atoms with Gasteiger partial charge in [0, 0.05) is 6.04 Å². The molecule has 1 aromatic rings. The molecule has 0 radical (unpaired) electrons. The molecule has 0 unspecified atom stereocenters. The highest BCUT2D eigenvalue weighted by Crippen LogP contribution is 2.27. The van der Waals surface area contributed by atoms with Gasteiger partial charge < -0.3 is 15.2 Å². The summed E-state index contributed by atoms with van der Waals surface area (Å²) < 4.78 is 5.12. The van der Waals surface area contributed by atoms with Crippen molar-refractivity contribution in [3.8, 4) is 0 Å².